The summed E-state index contributed by atoms with van der Waals surface area (Å²) in [5, 5.41) is 0.914. The molecule has 0 radical (unpaired) electrons. The van der Waals surface area contributed by atoms with Gasteiger partial charge in [-0.1, -0.05) is 19.9 Å². The number of alkyl halides is 2. The first-order valence-electron chi connectivity index (χ1n) is 11.9. The van der Waals surface area contributed by atoms with E-state index in [1.54, 1.807) is 32.1 Å². The maximum absolute atomic E-state index is 15.4. The normalized spacial score (nSPS) is 16.2. The molecule has 0 saturated heterocycles. The minimum Gasteiger partial charge on any atom is -0.345 e. The third-order valence-electron chi connectivity index (χ3n) is 6.42. The van der Waals surface area contributed by atoms with Crippen LogP contribution in [0.2, 0.25) is 0 Å². The molecule has 1 aliphatic rings. The summed E-state index contributed by atoms with van der Waals surface area (Å²) in [6.07, 6.45) is 3.09. The van der Waals surface area contributed by atoms with Crippen molar-refractivity contribution in [2.45, 2.75) is 39.7 Å². The van der Waals surface area contributed by atoms with Crippen LogP contribution < -0.4 is 0 Å². The average Bonchev–Trinajstić information content (AvgIpc) is 3.17. The Labute approximate surface area is 218 Å². The smallest absolute Gasteiger partial charge is 0.286 e. The fraction of sp³-hybridized carbons (Fsp3) is 0.407. The Bertz CT molecular complexity index is 1290. The van der Waals surface area contributed by atoms with E-state index in [4.69, 9.17) is 0 Å². The van der Waals surface area contributed by atoms with Crippen molar-refractivity contribution in [2.75, 3.05) is 27.2 Å². The van der Waals surface area contributed by atoms with Gasteiger partial charge < -0.3 is 9.47 Å². The Morgan fingerprint density at radius 1 is 1.22 bits per heavy atom. The van der Waals surface area contributed by atoms with Crippen LogP contribution in [0, 0.1) is 12.7 Å². The second-order valence-corrected chi connectivity index (χ2v) is 9.79. The quantitative estimate of drug-likeness (QED) is 0.358. The minimum atomic E-state index is -3.27. The summed E-state index contributed by atoms with van der Waals surface area (Å²) < 4.78 is 48.7. The second-order valence-electron chi connectivity index (χ2n) is 8.94. The molecule has 1 aromatic carbocycles. The van der Waals surface area contributed by atoms with Crippen LogP contribution in [0.25, 0.3) is 16.6 Å². The lowest BCUT2D eigenvalue weighted by Gasteiger charge is -2.37. The highest BCUT2D eigenvalue weighted by Gasteiger charge is 2.43. The van der Waals surface area contributed by atoms with Crippen molar-refractivity contribution in [3.8, 4) is 0 Å². The number of fused-ring (bicyclic) bond motifs is 1. The SMILES string of the molecule is CC.Cc1cc(C(=O)N(C)C)cc(F)c1C1=CCN(C(C)c2cc3c(Br)ccnc3n2C)CC1(F)F. The number of aromatic nitrogens is 2. The van der Waals surface area contributed by atoms with E-state index < -0.39 is 18.3 Å². The van der Waals surface area contributed by atoms with Gasteiger partial charge in [0.1, 0.15) is 11.5 Å². The molecule has 1 atom stereocenters. The lowest BCUT2D eigenvalue weighted by Crippen LogP contribution is -2.43. The van der Waals surface area contributed by atoms with Gasteiger partial charge in [-0.15, -0.1) is 0 Å². The van der Waals surface area contributed by atoms with Crippen molar-refractivity contribution in [1.29, 1.82) is 0 Å². The third kappa shape index (κ3) is 5.09. The molecule has 2 aromatic heterocycles. The molecule has 0 N–H and O–H groups in total. The fourth-order valence-corrected chi connectivity index (χ4v) is 5.01. The molecule has 194 valence electrons. The van der Waals surface area contributed by atoms with Gasteiger partial charge in [-0.05, 0) is 59.6 Å². The van der Waals surface area contributed by atoms with Crippen LogP contribution in [0.4, 0.5) is 13.2 Å². The molecular weight excluding hydrogens is 533 g/mol. The molecule has 5 nitrogen and oxygen atoms in total. The van der Waals surface area contributed by atoms with Crippen molar-refractivity contribution in [3.63, 3.8) is 0 Å². The maximum atomic E-state index is 15.4. The number of halogens is 4. The first-order valence-corrected chi connectivity index (χ1v) is 12.7. The van der Waals surface area contributed by atoms with E-state index >= 15 is 13.2 Å². The Kier molecular flexibility index (Phi) is 8.35. The van der Waals surface area contributed by atoms with E-state index in [-0.39, 0.29) is 35.2 Å². The van der Waals surface area contributed by atoms with Gasteiger partial charge in [0, 0.05) is 72.2 Å². The Hall–Kier alpha value is -2.65. The lowest BCUT2D eigenvalue weighted by molar-refractivity contribution is 0.00587. The van der Waals surface area contributed by atoms with Gasteiger partial charge in [-0.3, -0.25) is 9.69 Å². The predicted molar refractivity (Wildman–Crippen MR) is 142 cm³/mol. The summed E-state index contributed by atoms with van der Waals surface area (Å²) in [5.41, 5.74) is 1.59. The number of carbonyl (C=O) groups is 1. The maximum Gasteiger partial charge on any atom is 0.286 e. The highest BCUT2D eigenvalue weighted by molar-refractivity contribution is 9.10. The van der Waals surface area contributed by atoms with Crippen LogP contribution in [-0.2, 0) is 7.05 Å². The van der Waals surface area contributed by atoms with E-state index in [0.29, 0.717) is 5.56 Å². The van der Waals surface area contributed by atoms with Gasteiger partial charge in [-0.2, -0.15) is 8.78 Å². The summed E-state index contributed by atoms with van der Waals surface area (Å²) in [4.78, 5) is 19.6. The molecule has 1 aliphatic heterocycles. The largest absolute Gasteiger partial charge is 0.345 e. The van der Waals surface area contributed by atoms with E-state index in [1.807, 2.05) is 44.5 Å². The molecule has 0 spiro atoms. The van der Waals surface area contributed by atoms with Crippen molar-refractivity contribution in [2.24, 2.45) is 7.05 Å². The zero-order valence-electron chi connectivity index (χ0n) is 21.7. The summed E-state index contributed by atoms with van der Waals surface area (Å²) in [5.74, 6) is -4.47. The predicted octanol–water partition coefficient (Wildman–Crippen LogP) is 6.61. The summed E-state index contributed by atoms with van der Waals surface area (Å²) in [6, 6.07) is 5.98. The van der Waals surface area contributed by atoms with Crippen LogP contribution >= 0.6 is 15.9 Å². The topological polar surface area (TPSA) is 41.4 Å². The van der Waals surface area contributed by atoms with Crippen molar-refractivity contribution >= 4 is 38.4 Å². The summed E-state index contributed by atoms with van der Waals surface area (Å²) in [7, 11) is 4.98. The van der Waals surface area contributed by atoms with E-state index in [1.165, 1.54) is 17.0 Å². The third-order valence-corrected chi connectivity index (χ3v) is 7.12. The number of pyridine rings is 1. The minimum absolute atomic E-state index is 0.134. The number of nitrogens with zero attached hydrogens (tertiary/aromatic N) is 4. The molecule has 4 rings (SSSR count). The van der Waals surface area contributed by atoms with Gasteiger partial charge in [0.25, 0.3) is 11.8 Å². The van der Waals surface area contributed by atoms with Crippen molar-refractivity contribution in [3.05, 3.63) is 69.2 Å². The molecule has 9 heteroatoms. The van der Waals surface area contributed by atoms with Crippen molar-refractivity contribution < 1.29 is 18.0 Å². The molecule has 0 bridgehead atoms. The van der Waals surface area contributed by atoms with Gasteiger partial charge in [0.2, 0.25) is 0 Å². The van der Waals surface area contributed by atoms with E-state index in [9.17, 15) is 4.79 Å². The van der Waals surface area contributed by atoms with Gasteiger partial charge in [0.15, 0.2) is 0 Å². The average molecular weight is 565 g/mol. The lowest BCUT2D eigenvalue weighted by atomic mass is 9.90. The van der Waals surface area contributed by atoms with Crippen LogP contribution in [0.5, 0.6) is 0 Å². The summed E-state index contributed by atoms with van der Waals surface area (Å²) >= 11 is 3.52. The molecule has 0 saturated carbocycles. The Morgan fingerprint density at radius 2 is 1.89 bits per heavy atom. The zero-order chi connectivity index (χ0) is 26.9. The summed E-state index contributed by atoms with van der Waals surface area (Å²) in [6.45, 7) is 7.12. The van der Waals surface area contributed by atoms with E-state index in [2.05, 4.69) is 20.9 Å². The highest BCUT2D eigenvalue weighted by Crippen LogP contribution is 2.41. The van der Waals surface area contributed by atoms with Gasteiger partial charge in [0.05, 0.1) is 6.54 Å². The molecular formula is C27H32BrF3N4O. The Balaban J connectivity index is 0.00000176. The van der Waals surface area contributed by atoms with Gasteiger partial charge >= 0.3 is 0 Å². The van der Waals surface area contributed by atoms with Gasteiger partial charge in [-0.25, -0.2) is 9.37 Å². The zero-order valence-corrected chi connectivity index (χ0v) is 23.3. The highest BCUT2D eigenvalue weighted by atomic mass is 79.9. The van der Waals surface area contributed by atoms with Crippen LogP contribution in [-0.4, -0.2) is 58.4 Å². The molecule has 0 aliphatic carbocycles. The first-order chi connectivity index (χ1) is 16.9. The monoisotopic (exact) mass is 564 g/mol. The molecule has 1 unspecified atom stereocenters. The van der Waals surface area contributed by atoms with Crippen LogP contribution in [0.1, 0.15) is 54.0 Å². The number of benzene rings is 1. The second kappa shape index (κ2) is 10.8. The molecule has 36 heavy (non-hydrogen) atoms. The molecule has 3 heterocycles. The first kappa shape index (κ1) is 27.9. The number of rotatable bonds is 4. The van der Waals surface area contributed by atoms with E-state index in [0.717, 1.165) is 27.3 Å². The molecule has 0 fully saturated rings. The Morgan fingerprint density at radius 3 is 2.44 bits per heavy atom. The van der Waals surface area contributed by atoms with Crippen LogP contribution in [0.3, 0.4) is 0 Å². The molecule has 3 aromatic rings. The fourth-order valence-electron chi connectivity index (χ4n) is 4.60. The number of carbonyl (C=O) groups excluding carboxylic acids is 1. The number of hydrogen-bond donors (Lipinski definition) is 0. The number of amides is 1. The molecule has 1 amide bonds. The number of aryl methyl sites for hydroxylation is 2. The van der Waals surface area contributed by atoms with Crippen molar-refractivity contribution in [1.82, 2.24) is 19.4 Å². The number of hydrogen-bond acceptors (Lipinski definition) is 3. The standard InChI is InChI=1S/C25H26BrF3N4O.C2H6/c1-14-10-16(24(34)31(3)4)11-20(27)22(14)18-7-9-33(13-25(18,28)29)15(2)21-12-17-19(26)6-8-30-23(17)32(21)5;1-2/h6-8,10-12,15H,9,13H2,1-5H3;1-2H3. The van der Waals surface area contributed by atoms with Crippen LogP contribution in [0.15, 0.2) is 41.0 Å².